The number of phosphoric acid groups is 2. The first-order valence-corrected chi connectivity index (χ1v) is 31.6. The van der Waals surface area contributed by atoms with Crippen LogP contribution >= 0.6 is 23.4 Å². The molecule has 2 aromatic carbocycles. The molecule has 7 unspecified atom stereocenters. The molecule has 10 N–H and O–H groups in total. The van der Waals surface area contributed by atoms with Gasteiger partial charge >= 0.3 is 23.4 Å². The van der Waals surface area contributed by atoms with Crippen LogP contribution in [0.15, 0.2) is 93.4 Å². The van der Waals surface area contributed by atoms with Crippen LogP contribution in [0.5, 0.6) is 0 Å². The molecule has 0 radical (unpaired) electrons. The Balaban J connectivity index is 0.882. The third-order valence-electron chi connectivity index (χ3n) is 13.3. The summed E-state index contributed by atoms with van der Waals surface area (Å²) in [5.41, 5.74) is 7.53. The van der Waals surface area contributed by atoms with Gasteiger partial charge in [-0.05, 0) is 75.6 Å². The predicted octanol–water partition coefficient (Wildman–Crippen LogP) is 2.64. The van der Waals surface area contributed by atoms with Crippen molar-refractivity contribution in [1.29, 1.82) is 0 Å². The van der Waals surface area contributed by atoms with Crippen LogP contribution in [0.3, 0.4) is 0 Å². The van der Waals surface area contributed by atoms with Crippen molar-refractivity contribution in [3.63, 3.8) is 0 Å². The molecule has 2 aromatic heterocycles. The number of allylic oxidation sites excluding steroid dienone is 6. The van der Waals surface area contributed by atoms with E-state index in [4.69, 9.17) is 10.5 Å². The van der Waals surface area contributed by atoms with Gasteiger partial charge in [-0.25, -0.2) is 40.6 Å². The number of aromatic amines is 1. The number of nitrogens with one attached hydrogen (secondary N) is 3. The second kappa shape index (κ2) is 23.4. The number of carbonyl (C=O) groups excluding carboxylic acids is 1. The van der Waals surface area contributed by atoms with Gasteiger partial charge in [0.1, 0.15) is 45.1 Å². The number of nitrogens with two attached hydrogens (primary N) is 1. The number of amides is 1. The van der Waals surface area contributed by atoms with Crippen molar-refractivity contribution >= 4 is 83.7 Å². The molecular weight excluding hydrogens is 1140 g/mol. The molecule has 0 spiro atoms. The minimum atomic E-state index is -5.87. The number of unbranched alkanes of at least 4 members (excludes halogenated alkanes) is 2. The van der Waals surface area contributed by atoms with E-state index in [1.54, 1.807) is 18.2 Å². The Hall–Kier alpha value is -5.14. The summed E-state index contributed by atoms with van der Waals surface area (Å²) < 4.78 is 131. The Bertz CT molecular complexity index is 3600. The average Bonchev–Trinajstić information content (AvgIpc) is 4.23. The maximum absolute atomic E-state index is 12.7. The number of carbonyl (C=O) groups is 1. The lowest BCUT2D eigenvalue weighted by Crippen LogP contribution is -2.33. The molecule has 3 aliphatic rings. The van der Waals surface area contributed by atoms with Gasteiger partial charge in [-0.2, -0.15) is 18.2 Å². The standard InChI is InChI=1S/C45H60N9O20P3S2/c1-6-52-31-18-16-27(78(65,66)67)23-29(31)44(2,3)34(52)13-9-7-10-14-35-45(4,5)30-24-28(79(68,69)70)17-19-32(30)53(35)22-12-8-11-15-36(55)47-20-21-49-75(59,60)73-77(63,64)74-76(61,62)71-25-33-38(56)39(57)42(72-33)54-26-48-37-40(54)50-43(46)51-41(37)58/h7,9-10,13-14,16-19,23-24,26,33,38-39,42,56-57H,6,8,11-12,15,20-22,25H2,1-5H3,(H9-,46,47,49,50,51,55,58,59,60,61,62,63,64,65,66,67,68,69,70)/p-1. The number of aliphatic hydroxyl groups excluding tert-OH is 2. The van der Waals surface area contributed by atoms with Crippen molar-refractivity contribution in [2.24, 2.45) is 0 Å². The molecule has 34 heteroatoms. The number of rotatable bonds is 24. The Morgan fingerprint density at radius 3 is 2.25 bits per heavy atom. The summed E-state index contributed by atoms with van der Waals surface area (Å²) in [6, 6.07) is 8.53. The fraction of sp³-hybridized carbons (Fsp3) is 0.444. The van der Waals surface area contributed by atoms with E-state index in [0.717, 1.165) is 28.0 Å². The smallest absolute Gasteiger partial charge is 0.489 e. The average molecular weight is 1200 g/mol. The molecule has 79 heavy (non-hydrogen) atoms. The highest BCUT2D eigenvalue weighted by Crippen LogP contribution is 2.66. The van der Waals surface area contributed by atoms with Gasteiger partial charge in [0, 0.05) is 67.0 Å². The third-order valence-corrected chi connectivity index (χ3v) is 19.4. The number of H-pyrrole nitrogens is 1. The summed E-state index contributed by atoms with van der Waals surface area (Å²) >= 11 is 0. The SMILES string of the molecule is CCN1/C(=C/C=C/C=C/C2=[N+](CCCCCC(=O)NCCNP(=O)(O)OP(=O)(O)OP(=O)(O)OCC3OC(n4cnc5c(=O)[nH]c(N)nc54)C(O)C3O)c3ccc(S(=O)(=O)[O-])cc3C2(C)C)C(C)(C)c2cc(S(=O)(=O)[O-])ccc21. The van der Waals surface area contributed by atoms with Crippen LogP contribution in [-0.4, -0.2) is 138 Å². The number of aliphatic hydroxyl groups is 2. The van der Waals surface area contributed by atoms with Crippen molar-refractivity contribution in [2.75, 3.05) is 43.4 Å². The molecule has 1 saturated heterocycles. The number of likely N-dealkylation sites (N-methyl/N-ethyl adjacent to an activating group) is 1. The van der Waals surface area contributed by atoms with Gasteiger partial charge in [0.2, 0.25) is 17.5 Å². The summed E-state index contributed by atoms with van der Waals surface area (Å²) in [6.45, 7) is 8.75. The predicted molar refractivity (Wildman–Crippen MR) is 280 cm³/mol. The largest absolute Gasteiger partial charge is 0.744 e. The number of phosphoric ester groups is 1. The Morgan fingerprint density at radius 1 is 0.911 bits per heavy atom. The van der Waals surface area contributed by atoms with E-state index in [1.807, 2.05) is 73.5 Å². The van der Waals surface area contributed by atoms with E-state index in [-0.39, 0.29) is 39.9 Å². The quantitative estimate of drug-likeness (QED) is 0.0160. The minimum Gasteiger partial charge on any atom is -0.744 e. The highest BCUT2D eigenvalue weighted by molar-refractivity contribution is 7.86. The lowest BCUT2D eigenvalue weighted by atomic mass is 9.81. The fourth-order valence-electron chi connectivity index (χ4n) is 9.51. The number of fused-ring (bicyclic) bond motifs is 3. The van der Waals surface area contributed by atoms with Gasteiger partial charge in [0.05, 0.1) is 28.1 Å². The van der Waals surface area contributed by atoms with Crippen LogP contribution in [0.1, 0.15) is 77.7 Å². The zero-order chi connectivity index (χ0) is 58.3. The number of hydrogen-bond donors (Lipinski definition) is 9. The van der Waals surface area contributed by atoms with Crippen LogP contribution in [0.4, 0.5) is 17.3 Å². The number of hydrogen-bond acceptors (Lipinski definition) is 21. The highest BCUT2D eigenvalue weighted by Gasteiger charge is 2.48. The molecule has 0 saturated carbocycles. The van der Waals surface area contributed by atoms with Gasteiger partial charge in [-0.3, -0.25) is 23.7 Å². The number of nitrogens with zero attached hydrogens (tertiary/aromatic N) is 5. The molecule has 3 aliphatic heterocycles. The van der Waals surface area contributed by atoms with Crippen LogP contribution in [0.25, 0.3) is 11.2 Å². The molecule has 432 valence electrons. The van der Waals surface area contributed by atoms with E-state index in [1.165, 1.54) is 24.3 Å². The Morgan fingerprint density at radius 2 is 1.58 bits per heavy atom. The molecule has 1 fully saturated rings. The van der Waals surface area contributed by atoms with Crippen molar-refractivity contribution in [1.82, 2.24) is 29.9 Å². The first kappa shape index (κ1) is 61.5. The van der Waals surface area contributed by atoms with E-state index >= 15 is 0 Å². The van der Waals surface area contributed by atoms with Crippen LogP contribution in [0.2, 0.25) is 0 Å². The first-order chi connectivity index (χ1) is 36.7. The zero-order valence-electron chi connectivity index (χ0n) is 42.9. The normalized spacial score (nSPS) is 22.9. The van der Waals surface area contributed by atoms with Crippen LogP contribution < -0.4 is 26.6 Å². The van der Waals surface area contributed by atoms with Crippen LogP contribution in [-0.2, 0) is 67.4 Å². The minimum absolute atomic E-state index is 0.0229. The first-order valence-electron chi connectivity index (χ1n) is 24.2. The molecule has 7 atom stereocenters. The Kier molecular flexibility index (Phi) is 18.2. The van der Waals surface area contributed by atoms with Crippen molar-refractivity contribution in [2.45, 2.75) is 105 Å². The molecule has 1 amide bonds. The number of aromatic nitrogens is 4. The fourth-order valence-corrected chi connectivity index (χ4v) is 14.2. The molecule has 0 bridgehead atoms. The van der Waals surface area contributed by atoms with Crippen molar-refractivity contribution < 1.29 is 91.8 Å². The molecule has 0 aliphatic carbocycles. The van der Waals surface area contributed by atoms with E-state index in [9.17, 15) is 74.1 Å². The van der Waals surface area contributed by atoms with E-state index in [0.29, 0.717) is 49.2 Å². The maximum atomic E-state index is 12.7. The third kappa shape index (κ3) is 14.0. The second-order valence-corrected chi connectivity index (χ2v) is 27.0. The lowest BCUT2D eigenvalue weighted by molar-refractivity contribution is -0.438. The second-order valence-electron chi connectivity index (χ2n) is 19.4. The van der Waals surface area contributed by atoms with Gasteiger partial charge in [0.25, 0.3) is 5.56 Å². The van der Waals surface area contributed by atoms with Gasteiger partial charge in [-0.1, -0.05) is 32.1 Å². The van der Waals surface area contributed by atoms with Crippen LogP contribution in [0, 0.1) is 0 Å². The van der Waals surface area contributed by atoms with Gasteiger partial charge in [0.15, 0.2) is 23.1 Å². The number of imidazole rings is 1. The van der Waals surface area contributed by atoms with E-state index in [2.05, 4.69) is 33.4 Å². The number of nitrogen functional groups attached to an aromatic ring is 1. The van der Waals surface area contributed by atoms with Crippen molar-refractivity contribution in [3.8, 4) is 0 Å². The molecule has 4 aromatic rings. The summed E-state index contributed by atoms with van der Waals surface area (Å²) in [6.07, 6.45) is 5.11. The summed E-state index contributed by atoms with van der Waals surface area (Å²) in [5, 5.41) is 25.5. The zero-order valence-corrected chi connectivity index (χ0v) is 47.2. The molecule has 7 rings (SSSR count). The van der Waals surface area contributed by atoms with E-state index < -0.39 is 104 Å². The summed E-state index contributed by atoms with van der Waals surface area (Å²) in [5.74, 6) is -0.766. The lowest BCUT2D eigenvalue weighted by Gasteiger charge is -2.25. The number of benzene rings is 2. The van der Waals surface area contributed by atoms with Gasteiger partial charge < -0.3 is 54.7 Å². The van der Waals surface area contributed by atoms with Crippen molar-refractivity contribution in [3.05, 3.63) is 100 Å². The number of ether oxygens (including phenoxy) is 1. The Labute approximate surface area is 452 Å². The highest BCUT2D eigenvalue weighted by atomic mass is 32.2. The molecular formula is C45H59N9O20P3S2-. The maximum Gasteiger partial charge on any atom is 0.489 e. The number of anilines is 2. The monoisotopic (exact) mass is 1200 g/mol. The summed E-state index contributed by atoms with van der Waals surface area (Å²) in [4.78, 5) is 66.5. The molecule has 5 heterocycles. The summed E-state index contributed by atoms with van der Waals surface area (Å²) in [7, 11) is -26.2. The topological polar surface area (TPSA) is 441 Å². The van der Waals surface area contributed by atoms with Gasteiger partial charge in [-0.15, -0.1) is 0 Å². The molecule has 29 nitrogen and oxygen atoms in total.